The van der Waals surface area contributed by atoms with Crippen molar-refractivity contribution in [2.75, 3.05) is 11.5 Å². The number of esters is 1. The number of benzene rings is 3. The number of hydrogen-bond donors (Lipinski definition) is 0. The standard InChI is InChI=1S/C32H24N2O8/c35-27(17-4-8-21(9-5-17)42-22-10-6-19(7-11-22)34(39)40)16-41-32(38)18-2-1-3-20(14-18)33-30(36)28-23-12-13-24(26-15-25(23)26)29(28)31(33)37/h1-14,23-26,28-29H,15-16H2/t23-,24-,25-,26-,28-,29+/m0/s1. The van der Waals surface area contributed by atoms with E-state index in [-0.39, 0.29) is 46.7 Å². The third kappa shape index (κ3) is 4.27. The average Bonchev–Trinajstić information content (AvgIpc) is 3.79. The van der Waals surface area contributed by atoms with Crippen LogP contribution in [0, 0.1) is 45.6 Å². The highest BCUT2D eigenvalue weighted by Gasteiger charge is 2.67. The van der Waals surface area contributed by atoms with Gasteiger partial charge in [0.2, 0.25) is 11.8 Å². The van der Waals surface area contributed by atoms with E-state index in [0.29, 0.717) is 34.6 Å². The van der Waals surface area contributed by atoms with Crippen LogP contribution in [0.15, 0.2) is 84.9 Å². The summed E-state index contributed by atoms with van der Waals surface area (Å²) in [6.07, 6.45) is 5.30. The molecule has 6 atom stereocenters. The van der Waals surface area contributed by atoms with Crippen molar-refractivity contribution in [1.29, 1.82) is 0 Å². The second kappa shape index (κ2) is 9.76. The third-order valence-corrected chi connectivity index (χ3v) is 8.80. The van der Waals surface area contributed by atoms with E-state index in [9.17, 15) is 29.3 Å². The molecule has 3 aromatic carbocycles. The van der Waals surface area contributed by atoms with Gasteiger partial charge in [-0.3, -0.25) is 24.5 Å². The fourth-order valence-electron chi connectivity index (χ4n) is 6.76. The van der Waals surface area contributed by atoms with Gasteiger partial charge in [-0.05, 0) is 84.7 Å². The molecule has 0 unspecified atom stereocenters. The highest BCUT2D eigenvalue weighted by atomic mass is 16.6. The minimum absolute atomic E-state index is 0.0549. The van der Waals surface area contributed by atoms with E-state index in [1.54, 1.807) is 24.3 Å². The van der Waals surface area contributed by atoms with Gasteiger partial charge in [0.1, 0.15) is 11.5 Å². The van der Waals surface area contributed by atoms with Crippen molar-refractivity contribution < 1.29 is 33.6 Å². The molecular formula is C32H24N2O8. The maximum atomic E-state index is 13.4. The molecule has 210 valence electrons. The molecule has 1 saturated heterocycles. The smallest absolute Gasteiger partial charge is 0.338 e. The van der Waals surface area contributed by atoms with Crippen molar-refractivity contribution in [3.63, 3.8) is 0 Å². The van der Waals surface area contributed by atoms with Crippen LogP contribution in [0.5, 0.6) is 11.5 Å². The molecule has 3 fully saturated rings. The number of nitrogens with zero attached hydrogens (tertiary/aromatic N) is 2. The first-order valence-corrected chi connectivity index (χ1v) is 13.7. The first-order valence-electron chi connectivity index (χ1n) is 13.7. The van der Waals surface area contributed by atoms with Gasteiger partial charge >= 0.3 is 5.97 Å². The number of ketones is 1. The summed E-state index contributed by atoms with van der Waals surface area (Å²) < 4.78 is 10.9. The molecule has 0 radical (unpaired) electrons. The maximum Gasteiger partial charge on any atom is 0.338 e. The van der Waals surface area contributed by atoms with Crippen molar-refractivity contribution in [3.05, 3.63) is 106 Å². The Kier molecular flexibility index (Phi) is 6.00. The molecule has 2 bridgehead atoms. The number of imide groups is 1. The Balaban J connectivity index is 0.978. The Morgan fingerprint density at radius 3 is 2.02 bits per heavy atom. The Hall–Kier alpha value is -5.12. The molecule has 4 aliphatic carbocycles. The number of rotatable bonds is 8. The minimum Gasteiger partial charge on any atom is -0.457 e. The minimum atomic E-state index is -0.747. The molecule has 2 saturated carbocycles. The summed E-state index contributed by atoms with van der Waals surface area (Å²) in [5.74, 6) is -0.264. The van der Waals surface area contributed by atoms with Crippen molar-refractivity contribution in [2.24, 2.45) is 35.5 Å². The Morgan fingerprint density at radius 1 is 0.833 bits per heavy atom. The molecule has 3 aromatic rings. The molecule has 0 aromatic heterocycles. The van der Waals surface area contributed by atoms with Gasteiger partial charge in [0, 0.05) is 17.7 Å². The zero-order valence-corrected chi connectivity index (χ0v) is 22.1. The summed E-state index contributed by atoms with van der Waals surface area (Å²) in [4.78, 5) is 63.8. The van der Waals surface area contributed by atoms with Gasteiger partial charge in [0.25, 0.3) is 5.69 Å². The zero-order valence-electron chi connectivity index (χ0n) is 22.1. The Bertz CT molecular complexity index is 1640. The second-order valence-electron chi connectivity index (χ2n) is 11.1. The summed E-state index contributed by atoms with van der Waals surface area (Å²) in [7, 11) is 0. The van der Waals surface area contributed by atoms with Crippen molar-refractivity contribution in [2.45, 2.75) is 6.42 Å². The van der Waals surface area contributed by atoms with Crippen LogP contribution >= 0.6 is 0 Å². The lowest BCUT2D eigenvalue weighted by atomic mass is 9.63. The summed E-state index contributed by atoms with van der Waals surface area (Å²) in [5.41, 5.74) is 0.703. The van der Waals surface area contributed by atoms with E-state index in [4.69, 9.17) is 9.47 Å². The summed E-state index contributed by atoms with van der Waals surface area (Å²) in [6.45, 7) is -0.505. The molecular weight excluding hydrogens is 540 g/mol. The molecule has 10 nitrogen and oxygen atoms in total. The largest absolute Gasteiger partial charge is 0.457 e. The van der Waals surface area contributed by atoms with Crippen LogP contribution in [0.1, 0.15) is 27.1 Å². The topological polar surface area (TPSA) is 133 Å². The molecule has 1 heterocycles. The number of carbonyl (C=O) groups excluding carboxylic acids is 4. The number of nitro benzene ring substituents is 1. The van der Waals surface area contributed by atoms with Gasteiger partial charge in [0.15, 0.2) is 12.4 Å². The number of nitro groups is 1. The van der Waals surface area contributed by atoms with Crippen LogP contribution in [-0.4, -0.2) is 35.1 Å². The first-order chi connectivity index (χ1) is 20.3. The number of anilines is 1. The van der Waals surface area contributed by atoms with Crippen LogP contribution < -0.4 is 9.64 Å². The molecule has 0 N–H and O–H groups in total. The molecule has 2 amide bonds. The lowest BCUT2D eigenvalue weighted by Crippen LogP contribution is -2.40. The van der Waals surface area contributed by atoms with Crippen LogP contribution in [0.4, 0.5) is 11.4 Å². The van der Waals surface area contributed by atoms with Crippen molar-refractivity contribution in [3.8, 4) is 11.5 Å². The van der Waals surface area contributed by atoms with E-state index in [1.807, 2.05) is 0 Å². The predicted octanol–water partition coefficient (Wildman–Crippen LogP) is 4.98. The maximum absolute atomic E-state index is 13.4. The van der Waals surface area contributed by atoms with Gasteiger partial charge in [-0.2, -0.15) is 0 Å². The second-order valence-corrected chi connectivity index (χ2v) is 11.1. The molecule has 5 aliphatic rings. The summed E-state index contributed by atoms with van der Waals surface area (Å²) >= 11 is 0. The van der Waals surface area contributed by atoms with E-state index < -0.39 is 23.3 Å². The average molecular weight is 565 g/mol. The molecule has 1 aliphatic heterocycles. The zero-order chi connectivity index (χ0) is 29.1. The van der Waals surface area contributed by atoms with Crippen LogP contribution in [0.2, 0.25) is 0 Å². The number of Topliss-reactive ketones (excluding diaryl/α,β-unsaturated/α-hetero) is 1. The fraction of sp³-hybridized carbons (Fsp3) is 0.250. The highest BCUT2D eigenvalue weighted by molar-refractivity contribution is 6.23. The first kappa shape index (κ1) is 25.8. The Labute approximate surface area is 239 Å². The van der Waals surface area contributed by atoms with Crippen molar-refractivity contribution >= 4 is 34.9 Å². The monoisotopic (exact) mass is 564 g/mol. The number of amides is 2. The van der Waals surface area contributed by atoms with Gasteiger partial charge in [-0.1, -0.05) is 18.2 Å². The van der Waals surface area contributed by atoms with Gasteiger partial charge in [-0.15, -0.1) is 0 Å². The van der Waals surface area contributed by atoms with Crippen LogP contribution in [0.25, 0.3) is 0 Å². The molecule has 0 spiro atoms. The third-order valence-electron chi connectivity index (χ3n) is 8.80. The fourth-order valence-corrected chi connectivity index (χ4v) is 6.76. The summed E-state index contributed by atoms with van der Waals surface area (Å²) in [5, 5.41) is 10.8. The van der Waals surface area contributed by atoms with E-state index in [1.165, 1.54) is 53.4 Å². The molecule has 10 heteroatoms. The van der Waals surface area contributed by atoms with Gasteiger partial charge in [0.05, 0.1) is 28.0 Å². The number of ether oxygens (including phenoxy) is 2. The number of allylic oxidation sites excluding steroid dienone is 2. The number of non-ortho nitro benzene ring substituents is 1. The summed E-state index contributed by atoms with van der Waals surface area (Å²) in [6, 6.07) is 17.9. The van der Waals surface area contributed by atoms with Gasteiger partial charge < -0.3 is 9.47 Å². The van der Waals surface area contributed by atoms with E-state index in [0.717, 1.165) is 6.42 Å². The SMILES string of the molecule is O=C(COC(=O)c1cccc(N2C(=O)[C@@H]3[C@H]4C=C[C@@H]([C@@H]5C[C@@H]45)[C@@H]3C2=O)c1)c1ccc(Oc2ccc([N+](=O)[O-])cc2)cc1. The number of carbonyl (C=O) groups is 4. The normalized spacial score (nSPS) is 26.4. The van der Waals surface area contributed by atoms with Gasteiger partial charge in [-0.25, -0.2) is 9.69 Å². The lowest BCUT2D eigenvalue weighted by molar-refractivity contribution is -0.384. The molecule has 8 rings (SSSR count). The van der Waals surface area contributed by atoms with E-state index >= 15 is 0 Å². The van der Waals surface area contributed by atoms with Crippen LogP contribution in [-0.2, 0) is 14.3 Å². The predicted molar refractivity (Wildman–Crippen MR) is 148 cm³/mol. The van der Waals surface area contributed by atoms with E-state index in [2.05, 4.69) is 12.2 Å². The molecule has 42 heavy (non-hydrogen) atoms. The Morgan fingerprint density at radius 2 is 1.43 bits per heavy atom. The van der Waals surface area contributed by atoms with Crippen molar-refractivity contribution in [1.82, 2.24) is 0 Å². The highest BCUT2D eigenvalue weighted by Crippen LogP contribution is 2.65. The number of hydrogen-bond acceptors (Lipinski definition) is 8. The lowest BCUT2D eigenvalue weighted by Gasteiger charge is -2.37. The van der Waals surface area contributed by atoms with Crippen LogP contribution in [0.3, 0.4) is 0 Å². The quantitative estimate of drug-likeness (QED) is 0.0934.